The third-order valence-corrected chi connectivity index (χ3v) is 8.49. The van der Waals surface area contributed by atoms with Gasteiger partial charge in [-0.05, 0) is 76.7 Å². The minimum absolute atomic E-state index is 0. The molecule has 2 unspecified atom stereocenters. The summed E-state index contributed by atoms with van der Waals surface area (Å²) in [6.07, 6.45) is -1.32. The number of rotatable bonds is 8. The summed E-state index contributed by atoms with van der Waals surface area (Å²) < 4.78 is 0. The Hall–Kier alpha value is -4.05. The van der Waals surface area contributed by atoms with Gasteiger partial charge in [0.2, 0.25) is 0 Å². The van der Waals surface area contributed by atoms with Crippen LogP contribution in [0, 0.1) is 13.8 Å². The first-order chi connectivity index (χ1) is 20.8. The van der Waals surface area contributed by atoms with E-state index >= 15 is 0 Å². The first-order valence-corrected chi connectivity index (χ1v) is 14.6. The van der Waals surface area contributed by atoms with E-state index in [4.69, 9.17) is 19.9 Å². The summed E-state index contributed by atoms with van der Waals surface area (Å²) in [4.78, 5) is 42.6. The number of aryl methyl sites for hydroxylation is 3. The molecule has 0 radical (unpaired) electrons. The predicted molar refractivity (Wildman–Crippen MR) is 169 cm³/mol. The Morgan fingerprint density at radius 1 is 0.689 bits per heavy atom. The predicted octanol–water partition coefficient (Wildman–Crippen LogP) is 5.36. The molecule has 5 rings (SSSR count). The average Bonchev–Trinajstić information content (AvgIpc) is 3.59. The molecule has 3 aromatic rings. The number of fused-ring (bicyclic) bond motifs is 8. The van der Waals surface area contributed by atoms with Gasteiger partial charge in [0.1, 0.15) is 0 Å². The van der Waals surface area contributed by atoms with Crippen LogP contribution in [-0.2, 0) is 32.5 Å². The normalized spacial score (nSPS) is 14.4. The van der Waals surface area contributed by atoms with Gasteiger partial charge in [-0.15, -0.1) is 22.1 Å². The molecule has 2 aliphatic rings. The van der Waals surface area contributed by atoms with Gasteiger partial charge in [-0.2, -0.15) is 0 Å². The number of hydrogen-bond donors (Lipinski definition) is 4. The number of nitrogens with zero attached hydrogens (tertiary/aromatic N) is 4. The fraction of sp³-hybridized carbons (Fsp3) is 0.353. The van der Waals surface area contributed by atoms with E-state index in [9.17, 15) is 30.0 Å². The van der Waals surface area contributed by atoms with Gasteiger partial charge < -0.3 is 30.4 Å². The third kappa shape index (κ3) is 6.52. The number of hydrogen-bond acceptors (Lipinski definition) is 6. The van der Waals surface area contributed by atoms with Crippen LogP contribution < -0.4 is 9.97 Å². The molecule has 0 aliphatic carbocycles. The summed E-state index contributed by atoms with van der Waals surface area (Å²) in [6, 6.07) is 7.25. The second kappa shape index (κ2) is 13.1. The van der Waals surface area contributed by atoms with E-state index in [1.165, 1.54) is 0 Å². The topological polar surface area (TPSA) is 169 Å². The molecule has 8 bridgehead atoms. The number of carboxylic acids is 2. The number of carbonyl (C=O) groups is 2. The van der Waals surface area contributed by atoms with Crippen molar-refractivity contribution in [1.82, 2.24) is 19.9 Å². The maximum absolute atomic E-state index is 11.5. The van der Waals surface area contributed by atoms with Crippen LogP contribution in [0.3, 0.4) is 0 Å². The molecule has 0 fully saturated rings. The molecule has 10 nitrogen and oxygen atoms in total. The van der Waals surface area contributed by atoms with Crippen LogP contribution in [0.5, 0.6) is 0 Å². The molecule has 45 heavy (non-hydrogen) atoms. The van der Waals surface area contributed by atoms with Crippen molar-refractivity contribution in [2.75, 3.05) is 0 Å². The van der Waals surface area contributed by atoms with Gasteiger partial charge in [0.05, 0.1) is 35.0 Å². The van der Waals surface area contributed by atoms with Crippen LogP contribution in [0.2, 0.25) is 0 Å². The first-order valence-electron chi connectivity index (χ1n) is 14.6. The summed E-state index contributed by atoms with van der Waals surface area (Å²) in [5.41, 5.74) is 10.6. The molecule has 5 heterocycles. The summed E-state index contributed by atoms with van der Waals surface area (Å²) in [6.45, 7) is 10.9. The zero-order chi connectivity index (χ0) is 32.0. The Morgan fingerprint density at radius 2 is 1.20 bits per heavy atom. The molecule has 2 atom stereocenters. The van der Waals surface area contributed by atoms with Gasteiger partial charge in [0.15, 0.2) is 0 Å². The smallest absolute Gasteiger partial charge is 0.657 e. The Balaban J connectivity index is 0.00000461. The molecule has 0 amide bonds. The fourth-order valence-corrected chi connectivity index (χ4v) is 6.15. The van der Waals surface area contributed by atoms with Gasteiger partial charge >= 0.3 is 28.4 Å². The Morgan fingerprint density at radius 3 is 1.82 bits per heavy atom. The van der Waals surface area contributed by atoms with Crippen LogP contribution in [0.15, 0.2) is 24.3 Å². The molecule has 0 spiro atoms. The largest absolute Gasteiger partial charge is 2.00 e. The average molecular weight is 655 g/mol. The molecular formula is C34H36N4NiO6. The van der Waals surface area contributed by atoms with Crippen molar-refractivity contribution in [1.29, 1.82) is 0 Å². The molecule has 3 aromatic heterocycles. The minimum atomic E-state index is -0.931. The first kappa shape index (κ1) is 33.8. The van der Waals surface area contributed by atoms with E-state index in [-0.39, 0.29) is 42.2 Å². The van der Waals surface area contributed by atoms with Gasteiger partial charge in [-0.3, -0.25) is 9.59 Å². The van der Waals surface area contributed by atoms with Crippen molar-refractivity contribution >= 4 is 56.3 Å². The van der Waals surface area contributed by atoms with Crippen molar-refractivity contribution in [2.24, 2.45) is 0 Å². The van der Waals surface area contributed by atoms with Crippen LogP contribution in [0.4, 0.5) is 0 Å². The van der Waals surface area contributed by atoms with Crippen molar-refractivity contribution in [3.63, 3.8) is 0 Å². The van der Waals surface area contributed by atoms with Crippen molar-refractivity contribution in [2.45, 2.75) is 79.4 Å². The van der Waals surface area contributed by atoms with Crippen LogP contribution >= 0.6 is 0 Å². The third-order valence-electron chi connectivity index (χ3n) is 8.49. The number of aliphatic carboxylic acids is 2. The van der Waals surface area contributed by atoms with Crippen LogP contribution in [-0.4, -0.2) is 48.4 Å². The number of allylic oxidation sites excluding steroid dienone is 3. The van der Waals surface area contributed by atoms with E-state index in [0.29, 0.717) is 56.0 Å². The summed E-state index contributed by atoms with van der Waals surface area (Å²) in [5, 5.41) is 40.4. The molecule has 0 saturated heterocycles. The molecule has 2 aliphatic heterocycles. The number of carboxylic acid groups (broad SMARTS) is 2. The van der Waals surface area contributed by atoms with Crippen molar-refractivity contribution in [3.05, 3.63) is 69.3 Å². The molecule has 0 saturated carbocycles. The van der Waals surface area contributed by atoms with Gasteiger partial charge in [0, 0.05) is 18.4 Å². The van der Waals surface area contributed by atoms with Crippen LogP contribution in [0.25, 0.3) is 44.4 Å². The Kier molecular flexibility index (Phi) is 9.87. The zero-order valence-corrected chi connectivity index (χ0v) is 27.0. The van der Waals surface area contributed by atoms with E-state index in [2.05, 4.69) is 0 Å². The van der Waals surface area contributed by atoms with Gasteiger partial charge in [-0.25, -0.2) is 9.97 Å². The van der Waals surface area contributed by atoms with E-state index in [1.807, 2.05) is 39.8 Å². The van der Waals surface area contributed by atoms with E-state index in [1.54, 1.807) is 26.0 Å². The monoisotopic (exact) mass is 654 g/mol. The molecule has 238 valence electrons. The SMILES string of the molecule is CC1=C(CCC(=O)O)c2cc3[n-]c(cc4nc(cc5[n-]c(cc1n2)c(C)c5C(C)O)C(C)=C4C(C)O)c(C)c3CCC(=O)O.[Ni+2]. The molecule has 11 heteroatoms. The van der Waals surface area contributed by atoms with Gasteiger partial charge in [-0.1, -0.05) is 41.0 Å². The zero-order valence-electron chi connectivity index (χ0n) is 26.0. The van der Waals surface area contributed by atoms with Gasteiger partial charge in [0.25, 0.3) is 0 Å². The molecule has 0 aromatic carbocycles. The van der Waals surface area contributed by atoms with E-state index in [0.717, 1.165) is 33.4 Å². The number of aliphatic hydroxyl groups is 2. The Bertz CT molecular complexity index is 1930. The van der Waals surface area contributed by atoms with Crippen molar-refractivity contribution < 1.29 is 46.5 Å². The fourth-order valence-electron chi connectivity index (χ4n) is 6.15. The maximum atomic E-state index is 11.5. The van der Waals surface area contributed by atoms with E-state index < -0.39 is 24.1 Å². The molecule has 4 N–H and O–H groups in total. The summed E-state index contributed by atoms with van der Waals surface area (Å²) in [5.74, 6) is -1.86. The van der Waals surface area contributed by atoms with Crippen molar-refractivity contribution in [3.8, 4) is 0 Å². The Labute approximate surface area is 270 Å². The summed E-state index contributed by atoms with van der Waals surface area (Å²) >= 11 is 0. The summed E-state index contributed by atoms with van der Waals surface area (Å²) in [7, 11) is 0. The quantitative estimate of drug-likeness (QED) is 0.232. The number of aliphatic hydroxyl groups excluding tert-OH is 2. The standard InChI is InChI=1S/C34H38N4O6.Ni/c1-15-21(7-9-31(41)42)27-14-28-22(8-10-32(43)44)16(2)24(36-28)12-29-34(20(6)40)18(4)26(38-29)13-30-33(19(5)39)17(3)25(37-30)11-23(15)35-27;/h11-14,19-20,39-40H,7-10H2,1-6H3,(H4,35,36,37,38,41,42,43,44);/q;+2/p-2. The second-order valence-electron chi connectivity index (χ2n) is 11.5. The second-order valence-corrected chi connectivity index (χ2v) is 11.5. The maximum Gasteiger partial charge on any atom is 2.00 e. The number of aromatic nitrogens is 4. The molecular weight excluding hydrogens is 619 g/mol. The van der Waals surface area contributed by atoms with Crippen LogP contribution in [0.1, 0.15) is 98.1 Å². The minimum Gasteiger partial charge on any atom is -0.657 e.